The van der Waals surface area contributed by atoms with Crippen molar-refractivity contribution in [3.63, 3.8) is 0 Å². The Morgan fingerprint density at radius 3 is 2.70 bits per heavy atom. The Morgan fingerprint density at radius 2 is 1.87 bits per heavy atom. The molecular weight excluding hydrogens is 304 g/mol. The summed E-state index contributed by atoms with van der Waals surface area (Å²) in [7, 11) is 0. The van der Waals surface area contributed by atoms with Gasteiger partial charge < -0.3 is 14.8 Å². The van der Waals surface area contributed by atoms with Crippen LogP contribution in [-0.2, 0) is 0 Å². The molecule has 0 saturated heterocycles. The van der Waals surface area contributed by atoms with Crippen molar-refractivity contribution >= 4 is 11.4 Å². The third-order valence-corrected chi connectivity index (χ3v) is 3.42. The standard InChI is InChI=1S/C16H11F2N3O2/c17-16(18)22-14-6-5-11(7-15(14)23-16)21-13-4-2-1-3-12(13)10-8-19-20-9-10/h1-9,21H,(H,19,20). The molecule has 5 nitrogen and oxygen atoms in total. The number of halogens is 2. The normalized spacial score (nSPS) is 14.7. The van der Waals surface area contributed by atoms with Gasteiger partial charge in [-0.1, -0.05) is 18.2 Å². The summed E-state index contributed by atoms with van der Waals surface area (Å²) in [6, 6.07) is 12.2. The first-order valence-electron chi connectivity index (χ1n) is 6.86. The molecular formula is C16H11F2N3O2. The third-order valence-electron chi connectivity index (χ3n) is 3.42. The average molecular weight is 315 g/mol. The minimum absolute atomic E-state index is 0.000734. The molecule has 23 heavy (non-hydrogen) atoms. The topological polar surface area (TPSA) is 59.2 Å². The molecule has 1 aliphatic heterocycles. The van der Waals surface area contributed by atoms with E-state index in [2.05, 4.69) is 25.0 Å². The fourth-order valence-corrected chi connectivity index (χ4v) is 2.42. The maximum Gasteiger partial charge on any atom is 0.586 e. The van der Waals surface area contributed by atoms with Gasteiger partial charge in [-0.25, -0.2) is 0 Å². The highest BCUT2D eigenvalue weighted by atomic mass is 19.3. The number of para-hydroxylation sites is 1. The minimum atomic E-state index is -3.62. The average Bonchev–Trinajstić information content (AvgIpc) is 3.13. The Bertz CT molecular complexity index is 850. The molecule has 4 rings (SSSR count). The van der Waals surface area contributed by atoms with Crippen molar-refractivity contribution in [1.82, 2.24) is 10.2 Å². The van der Waals surface area contributed by atoms with Crippen molar-refractivity contribution in [2.45, 2.75) is 6.29 Å². The number of hydrogen-bond donors (Lipinski definition) is 2. The van der Waals surface area contributed by atoms with E-state index in [1.807, 2.05) is 24.3 Å². The fraction of sp³-hybridized carbons (Fsp3) is 0.0625. The maximum atomic E-state index is 13.1. The second-order valence-electron chi connectivity index (χ2n) is 4.99. The van der Waals surface area contributed by atoms with Gasteiger partial charge in [0.1, 0.15) is 0 Å². The number of nitrogens with zero attached hydrogens (tertiary/aromatic N) is 1. The number of fused-ring (bicyclic) bond motifs is 1. The number of aromatic nitrogens is 2. The lowest BCUT2D eigenvalue weighted by Gasteiger charge is -2.11. The molecule has 2 N–H and O–H groups in total. The van der Waals surface area contributed by atoms with Gasteiger partial charge >= 0.3 is 6.29 Å². The summed E-state index contributed by atoms with van der Waals surface area (Å²) in [5.74, 6) is 0.0180. The summed E-state index contributed by atoms with van der Waals surface area (Å²) in [5, 5.41) is 9.90. The molecule has 0 radical (unpaired) electrons. The van der Waals surface area contributed by atoms with Gasteiger partial charge in [-0.2, -0.15) is 5.10 Å². The molecule has 3 aromatic rings. The van der Waals surface area contributed by atoms with Crippen LogP contribution in [0.5, 0.6) is 11.5 Å². The molecule has 0 atom stereocenters. The van der Waals surface area contributed by atoms with Crippen LogP contribution in [0.3, 0.4) is 0 Å². The second-order valence-corrected chi connectivity index (χ2v) is 4.99. The van der Waals surface area contributed by atoms with Crippen molar-refractivity contribution < 1.29 is 18.3 Å². The predicted octanol–water partition coefficient (Wildman–Crippen LogP) is 4.14. The molecule has 0 aliphatic carbocycles. The number of aromatic amines is 1. The van der Waals surface area contributed by atoms with Crippen LogP contribution >= 0.6 is 0 Å². The number of hydrogen-bond acceptors (Lipinski definition) is 4. The van der Waals surface area contributed by atoms with Crippen LogP contribution in [0.4, 0.5) is 20.2 Å². The van der Waals surface area contributed by atoms with Crippen LogP contribution in [0.2, 0.25) is 0 Å². The summed E-state index contributed by atoms with van der Waals surface area (Å²) >= 11 is 0. The van der Waals surface area contributed by atoms with Gasteiger partial charge in [0.2, 0.25) is 0 Å². The van der Waals surface area contributed by atoms with Gasteiger partial charge in [0.25, 0.3) is 0 Å². The van der Waals surface area contributed by atoms with E-state index < -0.39 is 6.29 Å². The molecule has 2 heterocycles. The van der Waals surface area contributed by atoms with Crippen molar-refractivity contribution in [3.05, 3.63) is 54.9 Å². The summed E-state index contributed by atoms with van der Waals surface area (Å²) in [5.41, 5.74) is 3.28. The van der Waals surface area contributed by atoms with Gasteiger partial charge in [0, 0.05) is 34.8 Å². The molecule has 0 saturated carbocycles. The summed E-state index contributed by atoms with van der Waals surface area (Å²) in [6.07, 6.45) is -0.128. The Morgan fingerprint density at radius 1 is 1.04 bits per heavy atom. The lowest BCUT2D eigenvalue weighted by molar-refractivity contribution is -0.286. The fourth-order valence-electron chi connectivity index (χ4n) is 2.42. The van der Waals surface area contributed by atoms with Crippen molar-refractivity contribution in [2.75, 3.05) is 5.32 Å². The van der Waals surface area contributed by atoms with E-state index >= 15 is 0 Å². The van der Waals surface area contributed by atoms with Crippen LogP contribution in [-0.4, -0.2) is 16.5 Å². The smallest absolute Gasteiger partial charge is 0.395 e. The van der Waals surface area contributed by atoms with E-state index in [0.29, 0.717) is 5.69 Å². The lowest BCUT2D eigenvalue weighted by atomic mass is 10.1. The first kappa shape index (κ1) is 13.6. The zero-order valence-corrected chi connectivity index (χ0v) is 11.7. The molecule has 0 bridgehead atoms. The molecule has 116 valence electrons. The minimum Gasteiger partial charge on any atom is -0.395 e. The molecule has 2 aromatic carbocycles. The van der Waals surface area contributed by atoms with E-state index in [4.69, 9.17) is 0 Å². The lowest BCUT2D eigenvalue weighted by Crippen LogP contribution is -2.25. The number of ether oxygens (including phenoxy) is 2. The third kappa shape index (κ3) is 2.57. The van der Waals surface area contributed by atoms with E-state index in [0.717, 1.165) is 16.8 Å². The molecule has 0 unspecified atom stereocenters. The van der Waals surface area contributed by atoms with Gasteiger partial charge in [-0.15, -0.1) is 8.78 Å². The van der Waals surface area contributed by atoms with E-state index in [9.17, 15) is 8.78 Å². The maximum absolute atomic E-state index is 13.1. The zero-order valence-electron chi connectivity index (χ0n) is 11.7. The van der Waals surface area contributed by atoms with E-state index in [1.165, 1.54) is 12.1 Å². The quantitative estimate of drug-likeness (QED) is 0.762. The van der Waals surface area contributed by atoms with Crippen LogP contribution in [0, 0.1) is 0 Å². The summed E-state index contributed by atoms with van der Waals surface area (Å²) in [4.78, 5) is 0. The van der Waals surface area contributed by atoms with Crippen molar-refractivity contribution in [2.24, 2.45) is 0 Å². The Kier molecular flexibility index (Phi) is 2.94. The molecule has 1 aromatic heterocycles. The van der Waals surface area contributed by atoms with Crippen LogP contribution in [0.1, 0.15) is 0 Å². The van der Waals surface area contributed by atoms with Crippen LogP contribution in [0.25, 0.3) is 11.1 Å². The second kappa shape index (κ2) is 4.98. The largest absolute Gasteiger partial charge is 0.586 e. The molecule has 0 spiro atoms. The highest BCUT2D eigenvalue weighted by Gasteiger charge is 2.43. The van der Waals surface area contributed by atoms with Gasteiger partial charge in [0.15, 0.2) is 11.5 Å². The van der Waals surface area contributed by atoms with E-state index in [1.54, 1.807) is 18.5 Å². The number of H-pyrrole nitrogens is 1. The van der Waals surface area contributed by atoms with Gasteiger partial charge in [-0.05, 0) is 18.2 Å². The Balaban J connectivity index is 1.66. The Labute approximate surface area is 129 Å². The SMILES string of the molecule is FC1(F)Oc2ccc(Nc3ccccc3-c3cn[nH]c3)cc2O1. The number of anilines is 2. The number of benzene rings is 2. The number of rotatable bonds is 3. The summed E-state index contributed by atoms with van der Waals surface area (Å²) < 4.78 is 35.0. The first-order chi connectivity index (χ1) is 11.1. The zero-order chi connectivity index (χ0) is 15.9. The van der Waals surface area contributed by atoms with Gasteiger partial charge in [-0.3, -0.25) is 5.10 Å². The predicted molar refractivity (Wildman–Crippen MR) is 80.0 cm³/mol. The monoisotopic (exact) mass is 315 g/mol. The van der Waals surface area contributed by atoms with Crippen molar-refractivity contribution in [1.29, 1.82) is 0 Å². The van der Waals surface area contributed by atoms with Gasteiger partial charge in [0.05, 0.1) is 6.20 Å². The van der Waals surface area contributed by atoms with Crippen LogP contribution in [0.15, 0.2) is 54.9 Å². The molecule has 1 aliphatic rings. The molecule has 0 amide bonds. The Hall–Kier alpha value is -3.09. The highest BCUT2D eigenvalue weighted by Crippen LogP contribution is 2.43. The molecule has 0 fully saturated rings. The highest BCUT2D eigenvalue weighted by molar-refractivity contribution is 5.80. The number of alkyl halides is 2. The van der Waals surface area contributed by atoms with Crippen LogP contribution < -0.4 is 14.8 Å². The molecule has 7 heteroatoms. The number of nitrogens with one attached hydrogen (secondary N) is 2. The first-order valence-corrected chi connectivity index (χ1v) is 6.86. The van der Waals surface area contributed by atoms with E-state index in [-0.39, 0.29) is 11.5 Å². The summed E-state index contributed by atoms with van der Waals surface area (Å²) in [6.45, 7) is 0. The van der Waals surface area contributed by atoms with Crippen molar-refractivity contribution in [3.8, 4) is 22.6 Å².